The van der Waals surface area contributed by atoms with Gasteiger partial charge < -0.3 is 10.5 Å². The molecule has 0 bridgehead atoms. The van der Waals surface area contributed by atoms with Crippen LogP contribution in [0.3, 0.4) is 0 Å². The van der Waals surface area contributed by atoms with Crippen LogP contribution in [0.15, 0.2) is 24.3 Å². The summed E-state index contributed by atoms with van der Waals surface area (Å²) in [5, 5.41) is 0. The third-order valence-electron chi connectivity index (χ3n) is 1.78. The number of nitrogens with two attached hydrogens (primary N) is 1. The van der Waals surface area contributed by atoms with Crippen molar-refractivity contribution >= 4 is 12.4 Å². The lowest BCUT2D eigenvalue weighted by molar-refractivity contribution is 0.0819. The third-order valence-corrected chi connectivity index (χ3v) is 1.78. The van der Waals surface area contributed by atoms with Gasteiger partial charge in [0.15, 0.2) is 0 Å². The van der Waals surface area contributed by atoms with Crippen molar-refractivity contribution in [2.45, 2.75) is 19.4 Å². The SMILES string of the molecule is CC(N)c1ccc(OCC(F)F)cc1.Cl. The normalized spacial score (nSPS) is 12.1. The summed E-state index contributed by atoms with van der Waals surface area (Å²) in [5.74, 6) is 0.440. The Kier molecular flexibility index (Phi) is 6.20. The molecule has 5 heteroatoms. The standard InChI is InChI=1S/C10H13F2NO.ClH/c1-7(13)8-2-4-9(5-3-8)14-6-10(11)12;/h2-5,7,10H,6,13H2,1H3;1H. The van der Waals surface area contributed by atoms with E-state index < -0.39 is 13.0 Å². The van der Waals surface area contributed by atoms with Crippen molar-refractivity contribution in [2.24, 2.45) is 5.73 Å². The molecule has 1 aromatic carbocycles. The molecular formula is C10H14ClF2NO. The van der Waals surface area contributed by atoms with E-state index in [-0.39, 0.29) is 18.4 Å². The molecule has 1 unspecified atom stereocenters. The number of halogens is 3. The van der Waals surface area contributed by atoms with Crippen molar-refractivity contribution in [1.29, 1.82) is 0 Å². The van der Waals surface area contributed by atoms with Crippen LogP contribution in [0.2, 0.25) is 0 Å². The van der Waals surface area contributed by atoms with Gasteiger partial charge in [-0.2, -0.15) is 0 Å². The van der Waals surface area contributed by atoms with Gasteiger partial charge in [-0.25, -0.2) is 8.78 Å². The molecule has 1 rings (SSSR count). The zero-order valence-corrected chi connectivity index (χ0v) is 9.14. The number of ether oxygens (including phenoxy) is 1. The van der Waals surface area contributed by atoms with E-state index >= 15 is 0 Å². The van der Waals surface area contributed by atoms with Gasteiger partial charge in [0, 0.05) is 6.04 Å². The van der Waals surface area contributed by atoms with Gasteiger partial charge in [0.1, 0.15) is 12.4 Å². The zero-order chi connectivity index (χ0) is 10.6. The molecule has 15 heavy (non-hydrogen) atoms. The largest absolute Gasteiger partial charge is 0.488 e. The maximum atomic E-state index is 11.8. The molecule has 0 heterocycles. The number of benzene rings is 1. The Labute approximate surface area is 93.8 Å². The Bertz CT molecular complexity index is 277. The number of rotatable bonds is 4. The lowest BCUT2D eigenvalue weighted by Gasteiger charge is -2.08. The summed E-state index contributed by atoms with van der Waals surface area (Å²) in [7, 11) is 0. The van der Waals surface area contributed by atoms with Crippen molar-refractivity contribution in [3.8, 4) is 5.75 Å². The second-order valence-electron chi connectivity index (χ2n) is 3.06. The smallest absolute Gasteiger partial charge is 0.272 e. The minimum Gasteiger partial charge on any atom is -0.488 e. The molecule has 0 spiro atoms. The van der Waals surface area contributed by atoms with Crippen molar-refractivity contribution in [3.05, 3.63) is 29.8 Å². The summed E-state index contributed by atoms with van der Waals surface area (Å²) < 4.78 is 28.4. The van der Waals surface area contributed by atoms with Gasteiger partial charge in [-0.1, -0.05) is 12.1 Å². The van der Waals surface area contributed by atoms with E-state index in [1.165, 1.54) is 0 Å². The Hall–Kier alpha value is -0.870. The lowest BCUT2D eigenvalue weighted by Crippen LogP contribution is -2.07. The quantitative estimate of drug-likeness (QED) is 0.874. The Morgan fingerprint density at radius 3 is 2.20 bits per heavy atom. The van der Waals surface area contributed by atoms with E-state index in [0.29, 0.717) is 5.75 Å². The van der Waals surface area contributed by atoms with Gasteiger partial charge in [-0.3, -0.25) is 0 Å². The zero-order valence-electron chi connectivity index (χ0n) is 8.32. The van der Waals surface area contributed by atoms with Crippen LogP contribution in [0, 0.1) is 0 Å². The van der Waals surface area contributed by atoms with Gasteiger partial charge in [0.25, 0.3) is 6.43 Å². The van der Waals surface area contributed by atoms with E-state index in [1.807, 2.05) is 6.92 Å². The van der Waals surface area contributed by atoms with Crippen LogP contribution in [0.5, 0.6) is 5.75 Å². The maximum absolute atomic E-state index is 11.8. The first-order chi connectivity index (χ1) is 6.59. The van der Waals surface area contributed by atoms with Gasteiger partial charge in [-0.15, -0.1) is 12.4 Å². The van der Waals surface area contributed by atoms with Crippen LogP contribution in [0.4, 0.5) is 8.78 Å². The second-order valence-corrected chi connectivity index (χ2v) is 3.06. The summed E-state index contributed by atoms with van der Waals surface area (Å²) in [4.78, 5) is 0. The second kappa shape index (κ2) is 6.58. The number of alkyl halides is 2. The molecule has 0 saturated heterocycles. The monoisotopic (exact) mass is 237 g/mol. The predicted molar refractivity (Wildman–Crippen MR) is 57.8 cm³/mol. The first kappa shape index (κ1) is 14.1. The summed E-state index contributed by atoms with van der Waals surface area (Å²) >= 11 is 0. The predicted octanol–water partition coefficient (Wildman–Crippen LogP) is 2.77. The van der Waals surface area contributed by atoms with E-state index in [0.717, 1.165) is 5.56 Å². The van der Waals surface area contributed by atoms with Crippen LogP contribution < -0.4 is 10.5 Å². The Balaban J connectivity index is 0.00000196. The van der Waals surface area contributed by atoms with Crippen LogP contribution in [-0.2, 0) is 0 Å². The Morgan fingerprint density at radius 1 is 1.27 bits per heavy atom. The van der Waals surface area contributed by atoms with Crippen molar-refractivity contribution in [2.75, 3.05) is 6.61 Å². The van der Waals surface area contributed by atoms with Crippen molar-refractivity contribution in [1.82, 2.24) is 0 Å². The molecule has 2 N–H and O–H groups in total. The van der Waals surface area contributed by atoms with Crippen molar-refractivity contribution < 1.29 is 13.5 Å². The topological polar surface area (TPSA) is 35.2 Å². The molecule has 86 valence electrons. The van der Waals surface area contributed by atoms with Crippen LogP contribution in [0.25, 0.3) is 0 Å². The highest BCUT2D eigenvalue weighted by Gasteiger charge is 2.04. The molecule has 0 radical (unpaired) electrons. The van der Waals surface area contributed by atoms with Gasteiger partial charge in [0.2, 0.25) is 0 Å². The summed E-state index contributed by atoms with van der Waals surface area (Å²) in [6.45, 7) is 1.28. The first-order valence-electron chi connectivity index (χ1n) is 4.36. The summed E-state index contributed by atoms with van der Waals surface area (Å²) in [6, 6.07) is 6.76. The van der Waals surface area contributed by atoms with Crippen LogP contribution >= 0.6 is 12.4 Å². The molecule has 0 amide bonds. The fourth-order valence-corrected chi connectivity index (χ4v) is 1.03. The average molecular weight is 238 g/mol. The minimum atomic E-state index is -2.44. The summed E-state index contributed by atoms with van der Waals surface area (Å²) in [6.07, 6.45) is -2.44. The first-order valence-corrected chi connectivity index (χ1v) is 4.36. The van der Waals surface area contributed by atoms with Gasteiger partial charge >= 0.3 is 0 Å². The van der Waals surface area contributed by atoms with Crippen LogP contribution in [-0.4, -0.2) is 13.0 Å². The molecule has 0 aliphatic rings. The highest BCUT2D eigenvalue weighted by atomic mass is 35.5. The molecule has 1 atom stereocenters. The van der Waals surface area contributed by atoms with Gasteiger partial charge in [-0.05, 0) is 24.6 Å². The summed E-state index contributed by atoms with van der Waals surface area (Å²) in [5.41, 5.74) is 6.58. The fourth-order valence-electron chi connectivity index (χ4n) is 1.03. The van der Waals surface area contributed by atoms with E-state index in [9.17, 15) is 8.78 Å². The molecular weight excluding hydrogens is 224 g/mol. The number of hydrogen-bond donors (Lipinski definition) is 1. The third kappa shape index (κ3) is 4.95. The van der Waals surface area contributed by atoms with E-state index in [2.05, 4.69) is 0 Å². The van der Waals surface area contributed by atoms with E-state index in [4.69, 9.17) is 10.5 Å². The highest BCUT2D eigenvalue weighted by Crippen LogP contribution is 2.16. The Morgan fingerprint density at radius 2 is 1.80 bits per heavy atom. The molecule has 0 saturated carbocycles. The molecule has 0 aliphatic heterocycles. The molecule has 2 nitrogen and oxygen atoms in total. The molecule has 0 aliphatic carbocycles. The van der Waals surface area contributed by atoms with E-state index in [1.54, 1.807) is 24.3 Å². The molecule has 0 aromatic heterocycles. The fraction of sp³-hybridized carbons (Fsp3) is 0.400. The number of hydrogen-bond acceptors (Lipinski definition) is 2. The average Bonchev–Trinajstić information content (AvgIpc) is 2.15. The molecule has 0 fully saturated rings. The lowest BCUT2D eigenvalue weighted by atomic mass is 10.1. The van der Waals surface area contributed by atoms with Crippen molar-refractivity contribution in [3.63, 3.8) is 0 Å². The maximum Gasteiger partial charge on any atom is 0.272 e. The molecule has 1 aromatic rings. The van der Waals surface area contributed by atoms with Gasteiger partial charge in [0.05, 0.1) is 0 Å². The minimum absolute atomic E-state index is 0. The highest BCUT2D eigenvalue weighted by molar-refractivity contribution is 5.85. The van der Waals surface area contributed by atoms with Crippen LogP contribution in [0.1, 0.15) is 18.5 Å².